The molecule has 0 fully saturated rings. The number of hydrogen-bond donors (Lipinski definition) is 0. The van der Waals surface area contributed by atoms with Crippen molar-refractivity contribution < 1.29 is 4.74 Å². The maximum Gasteiger partial charge on any atom is 0.119 e. The quantitative estimate of drug-likeness (QED) is 0.300. The molecule has 30 heavy (non-hydrogen) atoms. The van der Waals surface area contributed by atoms with Gasteiger partial charge in [0.25, 0.3) is 0 Å². The molecule has 1 heteroatoms. The lowest BCUT2D eigenvalue weighted by atomic mass is 10.1. The van der Waals surface area contributed by atoms with Gasteiger partial charge in [0.15, 0.2) is 0 Å². The van der Waals surface area contributed by atoms with Crippen LogP contribution >= 0.6 is 0 Å². The van der Waals surface area contributed by atoms with E-state index in [4.69, 9.17) is 4.74 Å². The van der Waals surface area contributed by atoms with E-state index in [1.165, 1.54) is 44.1 Å². The Bertz CT molecular complexity index is 864. The summed E-state index contributed by atoms with van der Waals surface area (Å²) < 4.78 is 5.76. The first-order valence-electron chi connectivity index (χ1n) is 11.3. The van der Waals surface area contributed by atoms with Gasteiger partial charge in [0.1, 0.15) is 5.75 Å². The highest BCUT2D eigenvalue weighted by Crippen LogP contribution is 2.12. The van der Waals surface area contributed by atoms with Crippen LogP contribution in [0.5, 0.6) is 5.75 Å². The molecule has 2 rings (SSSR count). The number of ether oxygens (including phenoxy) is 1. The monoisotopic (exact) mass is 398 g/mol. The Kier molecular flexibility index (Phi) is 11.7. The Morgan fingerprint density at radius 1 is 0.667 bits per heavy atom. The predicted octanol–water partition coefficient (Wildman–Crippen LogP) is 7.34. The second-order valence-electron chi connectivity index (χ2n) is 7.46. The third-order valence-corrected chi connectivity index (χ3v) is 4.83. The zero-order valence-corrected chi connectivity index (χ0v) is 18.5. The summed E-state index contributed by atoms with van der Waals surface area (Å²) in [5, 5.41) is 0. The molecule has 0 heterocycles. The minimum absolute atomic E-state index is 0.786. The zero-order valence-electron chi connectivity index (χ0n) is 18.5. The third kappa shape index (κ3) is 10.0. The van der Waals surface area contributed by atoms with Crippen LogP contribution in [0.4, 0.5) is 0 Å². The highest BCUT2D eigenvalue weighted by molar-refractivity contribution is 5.42. The summed E-state index contributed by atoms with van der Waals surface area (Å²) in [6, 6.07) is 16.5. The first-order valence-corrected chi connectivity index (χ1v) is 11.3. The van der Waals surface area contributed by atoms with E-state index in [0.717, 1.165) is 36.3 Å². The van der Waals surface area contributed by atoms with Crippen LogP contribution in [0.15, 0.2) is 60.7 Å². The van der Waals surface area contributed by atoms with Crippen LogP contribution < -0.4 is 4.74 Å². The van der Waals surface area contributed by atoms with Crippen molar-refractivity contribution in [1.82, 2.24) is 0 Å². The number of aryl methyl sites for hydroxylation is 1. The number of rotatable bonds is 10. The second kappa shape index (κ2) is 15.0. The van der Waals surface area contributed by atoms with Crippen LogP contribution in [0.25, 0.3) is 0 Å². The van der Waals surface area contributed by atoms with E-state index < -0.39 is 0 Å². The molecule has 0 bridgehead atoms. The molecule has 0 aliphatic heterocycles. The molecule has 0 amide bonds. The number of hydrogen-bond acceptors (Lipinski definition) is 1. The van der Waals surface area contributed by atoms with Crippen molar-refractivity contribution in [3.63, 3.8) is 0 Å². The van der Waals surface area contributed by atoms with Gasteiger partial charge in [-0.05, 0) is 73.4 Å². The van der Waals surface area contributed by atoms with Crippen molar-refractivity contribution in [2.75, 3.05) is 6.61 Å². The molecule has 2 aromatic carbocycles. The molecule has 156 valence electrons. The molecule has 1 nitrogen and oxygen atoms in total. The first-order chi connectivity index (χ1) is 14.8. The van der Waals surface area contributed by atoms with E-state index in [9.17, 15) is 0 Å². The van der Waals surface area contributed by atoms with Crippen molar-refractivity contribution in [2.24, 2.45) is 0 Å². The largest absolute Gasteiger partial charge is 0.494 e. The smallest absolute Gasteiger partial charge is 0.119 e. The summed E-state index contributed by atoms with van der Waals surface area (Å²) in [5.74, 6) is 13.3. The molecule has 0 aliphatic rings. The van der Waals surface area contributed by atoms with Gasteiger partial charge in [0.2, 0.25) is 0 Å². The summed E-state index contributed by atoms with van der Waals surface area (Å²) in [6.07, 6.45) is 13.5. The van der Waals surface area contributed by atoms with Crippen LogP contribution in [0.1, 0.15) is 75.5 Å². The molecular formula is C29H34O. The minimum atomic E-state index is 0.786. The van der Waals surface area contributed by atoms with E-state index in [0.29, 0.717) is 0 Å². The lowest BCUT2D eigenvalue weighted by Crippen LogP contribution is -1.96. The van der Waals surface area contributed by atoms with Gasteiger partial charge in [0, 0.05) is 11.1 Å². The van der Waals surface area contributed by atoms with Gasteiger partial charge in [-0.25, -0.2) is 0 Å². The standard InChI is InChI=1S/C29H34O/c1-3-5-7-13-25-30-29-23-21-28(22-24-29)16-12-9-8-11-15-27-19-17-26(18-20-27)14-10-6-4-2/h8-9,17-24H,3-7,10,13-14,25H2,1-2H3/b9-8+. The van der Waals surface area contributed by atoms with E-state index >= 15 is 0 Å². The molecule has 2 aromatic rings. The van der Waals surface area contributed by atoms with Crippen molar-refractivity contribution in [3.05, 3.63) is 77.4 Å². The van der Waals surface area contributed by atoms with Gasteiger partial charge in [-0.1, -0.05) is 81.8 Å². The van der Waals surface area contributed by atoms with Crippen LogP contribution in [-0.2, 0) is 6.42 Å². The molecule has 0 radical (unpaired) electrons. The van der Waals surface area contributed by atoms with Crippen LogP contribution in [0.3, 0.4) is 0 Å². The van der Waals surface area contributed by atoms with Crippen LogP contribution in [-0.4, -0.2) is 6.61 Å². The van der Waals surface area contributed by atoms with Crippen molar-refractivity contribution in [1.29, 1.82) is 0 Å². The number of benzene rings is 2. The Hall–Kier alpha value is -2.90. The Morgan fingerprint density at radius 3 is 1.83 bits per heavy atom. The molecule has 0 aliphatic carbocycles. The van der Waals surface area contributed by atoms with Crippen LogP contribution in [0, 0.1) is 23.7 Å². The van der Waals surface area contributed by atoms with Crippen molar-refractivity contribution in [2.45, 2.75) is 65.2 Å². The maximum absolute atomic E-state index is 5.76. The normalized spacial score (nSPS) is 10.2. The molecule has 0 aromatic heterocycles. The summed E-state index contributed by atoms with van der Waals surface area (Å²) in [5.41, 5.74) is 3.41. The average Bonchev–Trinajstić information content (AvgIpc) is 2.78. The van der Waals surface area contributed by atoms with Gasteiger partial charge in [-0.3, -0.25) is 0 Å². The second-order valence-corrected chi connectivity index (χ2v) is 7.46. The zero-order chi connectivity index (χ0) is 21.3. The fraction of sp³-hybridized carbons (Fsp3) is 0.379. The molecule has 0 spiro atoms. The predicted molar refractivity (Wildman–Crippen MR) is 129 cm³/mol. The van der Waals surface area contributed by atoms with E-state index in [-0.39, 0.29) is 0 Å². The average molecular weight is 399 g/mol. The maximum atomic E-state index is 5.76. The first kappa shape index (κ1) is 23.4. The van der Waals surface area contributed by atoms with Crippen molar-refractivity contribution in [3.8, 4) is 29.4 Å². The highest BCUT2D eigenvalue weighted by Gasteiger charge is 1.94. The van der Waals surface area contributed by atoms with Crippen molar-refractivity contribution >= 4 is 0 Å². The summed E-state index contributed by atoms with van der Waals surface area (Å²) >= 11 is 0. The van der Waals surface area contributed by atoms with Gasteiger partial charge < -0.3 is 4.74 Å². The summed E-state index contributed by atoms with van der Waals surface area (Å²) in [4.78, 5) is 0. The fourth-order valence-electron chi connectivity index (χ4n) is 3.02. The molecule has 0 N–H and O–H groups in total. The van der Waals surface area contributed by atoms with E-state index in [1.807, 2.05) is 24.3 Å². The minimum Gasteiger partial charge on any atom is -0.494 e. The fourth-order valence-corrected chi connectivity index (χ4v) is 3.02. The third-order valence-electron chi connectivity index (χ3n) is 4.83. The highest BCUT2D eigenvalue weighted by atomic mass is 16.5. The lowest BCUT2D eigenvalue weighted by molar-refractivity contribution is 0.305. The Balaban J connectivity index is 1.75. The summed E-state index contributed by atoms with van der Waals surface area (Å²) in [7, 11) is 0. The Labute approximate surface area is 183 Å². The Morgan fingerprint density at radius 2 is 1.23 bits per heavy atom. The van der Waals surface area contributed by atoms with Gasteiger partial charge >= 0.3 is 0 Å². The SMILES string of the molecule is CCCCCCOc1ccc(C#C/C=C/C#Cc2ccc(CCCCC)cc2)cc1. The van der Waals surface area contributed by atoms with E-state index in [1.54, 1.807) is 12.2 Å². The van der Waals surface area contributed by atoms with Crippen LogP contribution in [0.2, 0.25) is 0 Å². The molecular weight excluding hydrogens is 364 g/mol. The lowest BCUT2D eigenvalue weighted by Gasteiger charge is -2.05. The molecule has 0 atom stereocenters. The number of unbranched alkanes of at least 4 members (excludes halogenated alkanes) is 5. The summed E-state index contributed by atoms with van der Waals surface area (Å²) in [6.45, 7) is 5.24. The molecule has 0 unspecified atom stereocenters. The molecule has 0 saturated heterocycles. The number of allylic oxidation sites excluding steroid dienone is 2. The molecule has 0 saturated carbocycles. The van der Waals surface area contributed by atoms with Gasteiger partial charge in [-0.15, -0.1) is 0 Å². The topological polar surface area (TPSA) is 9.23 Å². The van der Waals surface area contributed by atoms with Gasteiger partial charge in [0.05, 0.1) is 6.61 Å². The van der Waals surface area contributed by atoms with E-state index in [2.05, 4.69) is 61.8 Å². The van der Waals surface area contributed by atoms with Gasteiger partial charge in [-0.2, -0.15) is 0 Å².